The van der Waals surface area contributed by atoms with Gasteiger partial charge in [-0.05, 0) is 13.0 Å². The maximum Gasteiger partial charge on any atom is 0.271 e. The van der Waals surface area contributed by atoms with E-state index in [0.29, 0.717) is 26.2 Å². The first kappa shape index (κ1) is 16.9. The van der Waals surface area contributed by atoms with Crippen molar-refractivity contribution in [1.29, 1.82) is 0 Å². The number of carbonyl (C=O) groups is 3. The van der Waals surface area contributed by atoms with Gasteiger partial charge in [-0.1, -0.05) is 0 Å². The minimum Gasteiger partial charge on any atom is -0.336 e. The average Bonchev–Trinajstić information content (AvgIpc) is 3.34. The van der Waals surface area contributed by atoms with Crippen LogP contribution in [0.2, 0.25) is 0 Å². The summed E-state index contributed by atoms with van der Waals surface area (Å²) in [4.78, 5) is 44.6. The Balaban J connectivity index is 1.41. The largest absolute Gasteiger partial charge is 0.336 e. The fourth-order valence-corrected chi connectivity index (χ4v) is 4.31. The third kappa shape index (κ3) is 2.92. The summed E-state index contributed by atoms with van der Waals surface area (Å²) >= 11 is 1.58. The predicted molar refractivity (Wildman–Crippen MR) is 93.7 cm³/mol. The molecular weight excluding hydrogens is 354 g/mol. The highest BCUT2D eigenvalue weighted by Crippen LogP contribution is 2.33. The fourth-order valence-electron chi connectivity index (χ4n) is 3.71. The van der Waals surface area contributed by atoms with Crippen LogP contribution >= 0.6 is 11.3 Å². The molecule has 0 unspecified atom stereocenters. The summed E-state index contributed by atoms with van der Waals surface area (Å²) < 4.78 is 0. The van der Waals surface area contributed by atoms with Crippen LogP contribution in [0.1, 0.15) is 38.6 Å². The van der Waals surface area contributed by atoms with Crippen LogP contribution in [-0.4, -0.2) is 62.2 Å². The molecule has 0 radical (unpaired) electrons. The highest BCUT2D eigenvalue weighted by Gasteiger charge is 2.47. The number of nitrogens with zero attached hydrogens (tertiary/aromatic N) is 4. The number of ketones is 1. The van der Waals surface area contributed by atoms with E-state index in [1.54, 1.807) is 16.2 Å². The number of thiazole rings is 1. The molecule has 0 aliphatic carbocycles. The number of likely N-dealkylation sites (tertiary alicyclic amines) is 2. The number of fused-ring (bicyclic) bond motifs is 1. The van der Waals surface area contributed by atoms with Crippen molar-refractivity contribution in [3.05, 3.63) is 33.5 Å². The van der Waals surface area contributed by atoms with Crippen molar-refractivity contribution in [2.75, 3.05) is 19.6 Å². The molecule has 1 N–H and O–H groups in total. The molecule has 2 saturated heterocycles. The number of Topliss-reactive ketones (excluding diaryl/α,β-unsaturated/α-hetero) is 1. The van der Waals surface area contributed by atoms with Gasteiger partial charge in [-0.3, -0.25) is 19.5 Å². The van der Waals surface area contributed by atoms with Crippen molar-refractivity contribution in [3.8, 4) is 0 Å². The van der Waals surface area contributed by atoms with E-state index < -0.39 is 0 Å². The Kier molecular flexibility index (Phi) is 4.10. The molecule has 26 heavy (non-hydrogen) atoms. The Labute approximate surface area is 154 Å². The van der Waals surface area contributed by atoms with E-state index in [2.05, 4.69) is 15.2 Å². The number of aromatic nitrogens is 3. The summed E-state index contributed by atoms with van der Waals surface area (Å²) in [7, 11) is 0. The zero-order valence-electron chi connectivity index (χ0n) is 14.6. The van der Waals surface area contributed by atoms with Gasteiger partial charge < -0.3 is 9.80 Å². The van der Waals surface area contributed by atoms with Crippen LogP contribution in [0, 0.1) is 18.8 Å². The molecule has 2 aliphatic rings. The molecular formula is C17H19N5O3S. The van der Waals surface area contributed by atoms with E-state index in [1.165, 1.54) is 13.0 Å². The van der Waals surface area contributed by atoms with Gasteiger partial charge in [-0.15, -0.1) is 11.3 Å². The summed E-state index contributed by atoms with van der Waals surface area (Å²) in [5.41, 5.74) is 1.45. The number of rotatable bonds is 4. The standard InChI is InChI=1S/C17H19N5O3S/c1-9(23)14-3-15(20-19-14)17(25)22-5-11-4-21(16(24)13(11)7-22)6-12-8-26-10(2)18-12/h3,8,11,13H,4-7H2,1-2H3,(H,19,20)/t11-,13+/m1/s1. The van der Waals surface area contributed by atoms with Gasteiger partial charge >= 0.3 is 0 Å². The van der Waals surface area contributed by atoms with Crippen LogP contribution in [0.4, 0.5) is 0 Å². The van der Waals surface area contributed by atoms with Gasteiger partial charge in [0.1, 0.15) is 11.4 Å². The number of amides is 2. The van der Waals surface area contributed by atoms with Gasteiger partial charge in [0.2, 0.25) is 5.91 Å². The summed E-state index contributed by atoms with van der Waals surface area (Å²) in [6, 6.07) is 1.47. The van der Waals surface area contributed by atoms with E-state index in [9.17, 15) is 14.4 Å². The molecule has 8 nitrogen and oxygen atoms in total. The summed E-state index contributed by atoms with van der Waals surface area (Å²) in [6.07, 6.45) is 0. The third-order valence-electron chi connectivity index (χ3n) is 5.00. The van der Waals surface area contributed by atoms with Crippen molar-refractivity contribution < 1.29 is 14.4 Å². The monoisotopic (exact) mass is 373 g/mol. The third-order valence-corrected chi connectivity index (χ3v) is 5.82. The van der Waals surface area contributed by atoms with E-state index in [1.807, 2.05) is 17.2 Å². The van der Waals surface area contributed by atoms with Crippen molar-refractivity contribution in [3.63, 3.8) is 0 Å². The quantitative estimate of drug-likeness (QED) is 0.810. The van der Waals surface area contributed by atoms with Crippen molar-refractivity contribution in [2.45, 2.75) is 20.4 Å². The molecule has 0 aromatic carbocycles. The summed E-state index contributed by atoms with van der Waals surface area (Å²) in [5, 5.41) is 9.45. The van der Waals surface area contributed by atoms with Crippen LogP contribution in [0.3, 0.4) is 0 Å². The Morgan fingerprint density at radius 2 is 2.15 bits per heavy atom. The zero-order valence-corrected chi connectivity index (χ0v) is 15.4. The van der Waals surface area contributed by atoms with Crippen LogP contribution in [-0.2, 0) is 11.3 Å². The summed E-state index contributed by atoms with van der Waals surface area (Å²) in [5.74, 6) is -0.337. The first-order valence-electron chi connectivity index (χ1n) is 8.48. The van der Waals surface area contributed by atoms with Crippen LogP contribution in [0.25, 0.3) is 0 Å². The predicted octanol–water partition coefficient (Wildman–Crippen LogP) is 1.11. The molecule has 2 aromatic rings. The highest BCUT2D eigenvalue weighted by atomic mass is 32.1. The second-order valence-corrected chi connectivity index (χ2v) is 7.94. The lowest BCUT2D eigenvalue weighted by molar-refractivity contribution is -0.131. The Hall–Kier alpha value is -2.55. The number of H-pyrrole nitrogens is 1. The lowest BCUT2D eigenvalue weighted by Crippen LogP contribution is -2.35. The molecule has 0 bridgehead atoms. The van der Waals surface area contributed by atoms with Gasteiger partial charge in [0.05, 0.1) is 23.2 Å². The second kappa shape index (κ2) is 6.31. The molecule has 2 aromatic heterocycles. The topological polar surface area (TPSA) is 99.3 Å². The second-order valence-electron chi connectivity index (χ2n) is 6.88. The molecule has 136 valence electrons. The smallest absolute Gasteiger partial charge is 0.271 e. The van der Waals surface area contributed by atoms with Crippen LogP contribution in [0.5, 0.6) is 0 Å². The van der Waals surface area contributed by atoms with Gasteiger partial charge in [0.25, 0.3) is 5.91 Å². The highest BCUT2D eigenvalue weighted by molar-refractivity contribution is 7.09. The average molecular weight is 373 g/mol. The minimum atomic E-state index is -0.214. The van der Waals surface area contributed by atoms with Crippen molar-refractivity contribution in [2.24, 2.45) is 11.8 Å². The Morgan fingerprint density at radius 1 is 1.35 bits per heavy atom. The molecule has 2 aliphatic heterocycles. The minimum absolute atomic E-state index is 0.0880. The maximum absolute atomic E-state index is 12.7. The molecule has 4 rings (SSSR count). The number of nitrogens with one attached hydrogen (secondary N) is 1. The van der Waals surface area contributed by atoms with Gasteiger partial charge in [-0.25, -0.2) is 4.98 Å². The van der Waals surface area contributed by atoms with Crippen molar-refractivity contribution in [1.82, 2.24) is 25.0 Å². The number of hydrogen-bond donors (Lipinski definition) is 1. The van der Waals surface area contributed by atoms with Crippen LogP contribution < -0.4 is 0 Å². The molecule has 2 atom stereocenters. The normalized spacial score (nSPS) is 22.2. The van der Waals surface area contributed by atoms with E-state index in [4.69, 9.17) is 0 Å². The molecule has 9 heteroatoms. The molecule has 0 spiro atoms. The summed E-state index contributed by atoms with van der Waals surface area (Å²) in [6.45, 7) is 5.48. The van der Waals surface area contributed by atoms with E-state index in [0.717, 1.165) is 10.7 Å². The van der Waals surface area contributed by atoms with Gasteiger partial charge in [0, 0.05) is 37.9 Å². The van der Waals surface area contributed by atoms with E-state index >= 15 is 0 Å². The Bertz CT molecular complexity index is 889. The lowest BCUT2D eigenvalue weighted by atomic mass is 10.0. The number of carbonyl (C=O) groups excluding carboxylic acids is 3. The molecule has 0 saturated carbocycles. The number of aromatic amines is 1. The van der Waals surface area contributed by atoms with Crippen molar-refractivity contribution >= 4 is 28.9 Å². The first-order valence-corrected chi connectivity index (χ1v) is 9.35. The van der Waals surface area contributed by atoms with Gasteiger partial charge in [0.15, 0.2) is 5.78 Å². The fraction of sp³-hybridized carbons (Fsp3) is 0.471. The molecule has 2 amide bonds. The van der Waals surface area contributed by atoms with Crippen LogP contribution in [0.15, 0.2) is 11.4 Å². The Morgan fingerprint density at radius 3 is 2.77 bits per heavy atom. The molecule has 2 fully saturated rings. The first-order chi connectivity index (χ1) is 12.4. The zero-order chi connectivity index (χ0) is 18.4. The lowest BCUT2D eigenvalue weighted by Gasteiger charge is -2.20. The number of hydrogen-bond acceptors (Lipinski definition) is 6. The van der Waals surface area contributed by atoms with E-state index in [-0.39, 0.29) is 40.8 Å². The SMILES string of the molecule is CC(=O)c1cc(C(=O)N2C[C@H]3CN(Cc4csc(C)n4)C(=O)[C@H]3C2)[nH]n1. The number of aryl methyl sites for hydroxylation is 1. The molecule has 4 heterocycles. The maximum atomic E-state index is 12.7. The van der Waals surface area contributed by atoms with Gasteiger partial charge in [-0.2, -0.15) is 5.10 Å².